The molecule has 152 valence electrons. The van der Waals surface area contributed by atoms with Crippen molar-refractivity contribution in [3.8, 4) is 0 Å². The molecule has 5 rings (SSSR count). The second-order valence-electron chi connectivity index (χ2n) is 8.13. The standard InChI is InChI=1S/C24H22N2O4/c1-15(27)26-13-17-12-25(14-19(17)23(26)16-7-3-2-4-8-16)24(29)22-11-20(28)18-9-5-6-10-21(18)30-22/h2-11,17,19,23H,12-14H2,1H3/t17-,19-,23+/m1/s1. The third-order valence-electron chi connectivity index (χ3n) is 6.34. The highest BCUT2D eigenvalue weighted by atomic mass is 16.3. The van der Waals surface area contributed by atoms with Crippen molar-refractivity contribution in [2.45, 2.75) is 13.0 Å². The van der Waals surface area contributed by atoms with Gasteiger partial charge in [0.2, 0.25) is 5.91 Å². The molecule has 2 aliphatic rings. The highest BCUT2D eigenvalue weighted by molar-refractivity contribution is 5.93. The smallest absolute Gasteiger partial charge is 0.289 e. The second-order valence-corrected chi connectivity index (χ2v) is 8.13. The van der Waals surface area contributed by atoms with Gasteiger partial charge >= 0.3 is 0 Å². The zero-order chi connectivity index (χ0) is 20.8. The summed E-state index contributed by atoms with van der Waals surface area (Å²) in [6.07, 6.45) is 0. The lowest BCUT2D eigenvalue weighted by Gasteiger charge is -2.29. The van der Waals surface area contributed by atoms with Gasteiger partial charge in [-0.3, -0.25) is 14.4 Å². The Morgan fingerprint density at radius 2 is 1.70 bits per heavy atom. The molecule has 2 aromatic carbocycles. The Hall–Kier alpha value is -3.41. The molecule has 0 N–H and O–H groups in total. The molecule has 6 heteroatoms. The number of hydrogen-bond donors (Lipinski definition) is 0. The lowest BCUT2D eigenvalue weighted by Crippen LogP contribution is -2.36. The van der Waals surface area contributed by atoms with Crippen LogP contribution in [0.4, 0.5) is 0 Å². The van der Waals surface area contributed by atoms with Crippen LogP contribution in [0, 0.1) is 11.8 Å². The van der Waals surface area contributed by atoms with Gasteiger partial charge in [-0.05, 0) is 17.7 Å². The van der Waals surface area contributed by atoms with E-state index in [1.165, 1.54) is 6.07 Å². The molecule has 3 heterocycles. The Balaban J connectivity index is 1.44. The summed E-state index contributed by atoms with van der Waals surface area (Å²) in [7, 11) is 0. The molecule has 0 saturated carbocycles. The zero-order valence-electron chi connectivity index (χ0n) is 16.7. The fourth-order valence-electron chi connectivity index (χ4n) is 4.98. The molecule has 0 spiro atoms. The SMILES string of the molecule is CC(=O)N1C[C@H]2CN(C(=O)c3cc(=O)c4ccccc4o3)C[C@H]2[C@@H]1c1ccccc1. The number of benzene rings is 2. The van der Waals surface area contributed by atoms with E-state index in [-0.39, 0.29) is 40.9 Å². The van der Waals surface area contributed by atoms with Crippen LogP contribution >= 0.6 is 0 Å². The Kier molecular flexibility index (Phi) is 4.42. The molecule has 0 aliphatic carbocycles. The van der Waals surface area contributed by atoms with Gasteiger partial charge in [-0.1, -0.05) is 42.5 Å². The number of carbonyl (C=O) groups is 2. The lowest BCUT2D eigenvalue weighted by molar-refractivity contribution is -0.130. The van der Waals surface area contributed by atoms with Gasteiger partial charge in [0.05, 0.1) is 11.4 Å². The van der Waals surface area contributed by atoms with Gasteiger partial charge in [-0.15, -0.1) is 0 Å². The van der Waals surface area contributed by atoms with E-state index in [1.807, 2.05) is 35.2 Å². The first-order valence-electron chi connectivity index (χ1n) is 10.2. The average Bonchev–Trinajstić information content (AvgIpc) is 3.32. The van der Waals surface area contributed by atoms with Crippen molar-refractivity contribution in [3.63, 3.8) is 0 Å². The van der Waals surface area contributed by atoms with Crippen molar-refractivity contribution in [1.29, 1.82) is 0 Å². The number of amides is 2. The molecular weight excluding hydrogens is 380 g/mol. The van der Waals surface area contributed by atoms with Crippen LogP contribution in [0.3, 0.4) is 0 Å². The molecule has 0 radical (unpaired) electrons. The Morgan fingerprint density at radius 3 is 2.47 bits per heavy atom. The molecule has 2 aliphatic heterocycles. The minimum Gasteiger partial charge on any atom is -0.451 e. The van der Waals surface area contributed by atoms with Crippen LogP contribution in [-0.2, 0) is 4.79 Å². The summed E-state index contributed by atoms with van der Waals surface area (Å²) in [6.45, 7) is 3.31. The topological polar surface area (TPSA) is 70.8 Å². The molecule has 2 saturated heterocycles. The first kappa shape index (κ1) is 18.6. The monoisotopic (exact) mass is 402 g/mol. The van der Waals surface area contributed by atoms with Crippen molar-refractivity contribution in [1.82, 2.24) is 9.80 Å². The van der Waals surface area contributed by atoms with Crippen LogP contribution in [0.25, 0.3) is 11.0 Å². The summed E-state index contributed by atoms with van der Waals surface area (Å²) < 4.78 is 5.75. The van der Waals surface area contributed by atoms with Gasteiger partial charge < -0.3 is 14.2 Å². The van der Waals surface area contributed by atoms with Crippen LogP contribution in [0.2, 0.25) is 0 Å². The highest BCUT2D eigenvalue weighted by Gasteiger charge is 2.49. The van der Waals surface area contributed by atoms with E-state index >= 15 is 0 Å². The van der Waals surface area contributed by atoms with Crippen LogP contribution in [-0.4, -0.2) is 41.2 Å². The number of carbonyl (C=O) groups excluding carboxylic acids is 2. The average molecular weight is 402 g/mol. The van der Waals surface area contributed by atoms with Crippen LogP contribution < -0.4 is 5.43 Å². The normalized spacial score (nSPS) is 23.0. The van der Waals surface area contributed by atoms with Crippen molar-refractivity contribution in [3.05, 3.63) is 82.2 Å². The number of fused-ring (bicyclic) bond motifs is 2. The Bertz CT molecular complexity index is 1190. The largest absolute Gasteiger partial charge is 0.451 e. The van der Waals surface area contributed by atoms with Gasteiger partial charge in [0.25, 0.3) is 5.91 Å². The van der Waals surface area contributed by atoms with E-state index in [0.29, 0.717) is 30.6 Å². The molecular formula is C24H22N2O4. The van der Waals surface area contributed by atoms with Crippen LogP contribution in [0.1, 0.15) is 29.1 Å². The summed E-state index contributed by atoms with van der Waals surface area (Å²) >= 11 is 0. The number of hydrogen-bond acceptors (Lipinski definition) is 4. The van der Waals surface area contributed by atoms with E-state index < -0.39 is 0 Å². The maximum Gasteiger partial charge on any atom is 0.289 e. The lowest BCUT2D eigenvalue weighted by atomic mass is 9.89. The minimum absolute atomic E-state index is 0.0462. The summed E-state index contributed by atoms with van der Waals surface area (Å²) in [6, 6.07) is 18.2. The van der Waals surface area contributed by atoms with Gasteiger partial charge in [-0.25, -0.2) is 0 Å². The fraction of sp³-hybridized carbons (Fsp3) is 0.292. The third kappa shape index (κ3) is 3.00. The van der Waals surface area contributed by atoms with Gasteiger partial charge in [0.15, 0.2) is 11.2 Å². The van der Waals surface area contributed by atoms with E-state index in [4.69, 9.17) is 4.42 Å². The van der Waals surface area contributed by atoms with E-state index in [0.717, 1.165) is 5.56 Å². The molecule has 0 bridgehead atoms. The molecule has 6 nitrogen and oxygen atoms in total. The summed E-state index contributed by atoms with van der Waals surface area (Å²) in [5.41, 5.74) is 1.29. The predicted molar refractivity (Wildman–Crippen MR) is 112 cm³/mol. The van der Waals surface area contributed by atoms with Crippen LogP contribution in [0.15, 0.2) is 69.9 Å². The Labute approximate surface area is 173 Å². The first-order chi connectivity index (χ1) is 14.5. The number of nitrogens with zero attached hydrogens (tertiary/aromatic N) is 2. The van der Waals surface area contributed by atoms with E-state index in [9.17, 15) is 14.4 Å². The summed E-state index contributed by atoms with van der Waals surface area (Å²) in [5, 5.41) is 0.466. The predicted octanol–water partition coefficient (Wildman–Crippen LogP) is 3.08. The molecule has 2 amide bonds. The molecule has 1 aromatic heterocycles. The first-order valence-corrected chi connectivity index (χ1v) is 10.2. The van der Waals surface area contributed by atoms with Crippen molar-refractivity contribution >= 4 is 22.8 Å². The summed E-state index contributed by atoms with van der Waals surface area (Å²) in [5.74, 6) is 0.214. The maximum absolute atomic E-state index is 13.1. The molecule has 3 atom stereocenters. The van der Waals surface area contributed by atoms with Gasteiger partial charge in [0, 0.05) is 44.5 Å². The van der Waals surface area contributed by atoms with E-state index in [1.54, 1.807) is 36.1 Å². The maximum atomic E-state index is 13.1. The zero-order valence-corrected chi connectivity index (χ0v) is 16.7. The highest BCUT2D eigenvalue weighted by Crippen LogP contribution is 2.45. The van der Waals surface area contributed by atoms with E-state index in [2.05, 4.69) is 0 Å². The van der Waals surface area contributed by atoms with Crippen molar-refractivity contribution in [2.75, 3.05) is 19.6 Å². The molecule has 2 fully saturated rings. The quantitative estimate of drug-likeness (QED) is 0.661. The second kappa shape index (κ2) is 7.13. The van der Waals surface area contributed by atoms with Gasteiger partial charge in [-0.2, -0.15) is 0 Å². The van der Waals surface area contributed by atoms with Crippen molar-refractivity contribution < 1.29 is 14.0 Å². The third-order valence-corrected chi connectivity index (χ3v) is 6.34. The molecule has 0 unspecified atom stereocenters. The Morgan fingerprint density at radius 1 is 0.967 bits per heavy atom. The molecule has 30 heavy (non-hydrogen) atoms. The van der Waals surface area contributed by atoms with Crippen LogP contribution in [0.5, 0.6) is 0 Å². The molecule has 3 aromatic rings. The fourth-order valence-corrected chi connectivity index (χ4v) is 4.98. The van der Waals surface area contributed by atoms with Crippen molar-refractivity contribution in [2.24, 2.45) is 11.8 Å². The number of likely N-dealkylation sites (tertiary alicyclic amines) is 2. The van der Waals surface area contributed by atoms with Gasteiger partial charge in [0.1, 0.15) is 5.58 Å². The summed E-state index contributed by atoms with van der Waals surface area (Å²) in [4.78, 5) is 41.5. The minimum atomic E-state index is -0.270. The number of rotatable bonds is 2. The number of para-hydroxylation sites is 1.